The Morgan fingerprint density at radius 1 is 1.03 bits per heavy atom. The number of ether oxygens (including phenoxy) is 1. The van der Waals surface area contributed by atoms with Crippen molar-refractivity contribution < 1.29 is 9.53 Å². The second-order valence-corrected chi connectivity index (χ2v) is 7.72. The zero-order chi connectivity index (χ0) is 22.4. The van der Waals surface area contributed by atoms with Crippen LogP contribution in [0, 0.1) is 0 Å². The van der Waals surface area contributed by atoms with Crippen LogP contribution in [0.1, 0.15) is 23.2 Å². The normalized spacial score (nSPS) is 14.5. The number of allylic oxidation sites excluding steroid dienone is 1. The Morgan fingerprint density at radius 2 is 1.71 bits per heavy atom. The van der Waals surface area contributed by atoms with E-state index in [1.165, 1.54) is 23.8 Å². The van der Waals surface area contributed by atoms with Crippen LogP contribution in [0.4, 0.5) is 5.82 Å². The summed E-state index contributed by atoms with van der Waals surface area (Å²) in [6, 6.07) is 8.64. The smallest absolute Gasteiger partial charge is 0.332 e. The highest BCUT2D eigenvalue weighted by Gasteiger charge is 2.19. The van der Waals surface area contributed by atoms with Crippen LogP contribution in [0.5, 0.6) is 5.75 Å². The molecule has 3 rings (SSSR count). The van der Waals surface area contributed by atoms with Crippen LogP contribution in [0.15, 0.2) is 52.6 Å². The molecule has 0 saturated carbocycles. The van der Waals surface area contributed by atoms with Gasteiger partial charge in [0.2, 0.25) is 0 Å². The number of anilines is 1. The van der Waals surface area contributed by atoms with Gasteiger partial charge in [-0.1, -0.05) is 6.58 Å². The molecular weight excluding hydrogens is 396 g/mol. The first-order chi connectivity index (χ1) is 14.9. The van der Waals surface area contributed by atoms with Gasteiger partial charge in [0, 0.05) is 51.9 Å². The molecule has 0 unspecified atom stereocenters. The number of carbonyl (C=O) groups is 1. The van der Waals surface area contributed by atoms with Gasteiger partial charge in [-0.05, 0) is 49.7 Å². The molecule has 0 atom stereocenters. The van der Waals surface area contributed by atoms with Crippen molar-refractivity contribution in [3.8, 4) is 5.75 Å². The summed E-state index contributed by atoms with van der Waals surface area (Å²) < 4.78 is 8.41. The van der Waals surface area contributed by atoms with E-state index in [-0.39, 0.29) is 17.0 Å². The number of aromatic nitrogens is 2. The van der Waals surface area contributed by atoms with Crippen molar-refractivity contribution in [2.24, 2.45) is 14.1 Å². The number of carbonyl (C=O) groups excluding carboxylic acids is 1. The maximum Gasteiger partial charge on any atom is 0.332 e. The van der Waals surface area contributed by atoms with Crippen molar-refractivity contribution >= 4 is 11.6 Å². The van der Waals surface area contributed by atoms with Crippen LogP contribution < -0.4 is 20.9 Å². The van der Waals surface area contributed by atoms with Gasteiger partial charge in [-0.25, -0.2) is 4.79 Å². The summed E-state index contributed by atoms with van der Waals surface area (Å²) in [5.41, 5.74) is 0.0341. The molecule has 0 amide bonds. The summed E-state index contributed by atoms with van der Waals surface area (Å²) in [5.74, 6) is 1.35. The lowest BCUT2D eigenvalue weighted by Gasteiger charge is -2.36. The van der Waals surface area contributed by atoms with E-state index in [1.807, 2.05) is 0 Å². The van der Waals surface area contributed by atoms with Crippen molar-refractivity contribution in [1.29, 1.82) is 0 Å². The highest BCUT2D eigenvalue weighted by atomic mass is 16.5. The molecule has 0 radical (unpaired) electrons. The highest BCUT2D eigenvalue weighted by Crippen LogP contribution is 2.15. The predicted molar refractivity (Wildman–Crippen MR) is 121 cm³/mol. The molecule has 0 spiro atoms. The number of nitrogens with zero attached hydrogens (tertiary/aromatic N) is 4. The van der Waals surface area contributed by atoms with Crippen LogP contribution >= 0.6 is 0 Å². The zero-order valence-electron chi connectivity index (χ0n) is 18.2. The second-order valence-electron chi connectivity index (χ2n) is 7.72. The van der Waals surface area contributed by atoms with Crippen LogP contribution in [0.2, 0.25) is 0 Å². The van der Waals surface area contributed by atoms with Gasteiger partial charge in [0.05, 0.1) is 6.61 Å². The van der Waals surface area contributed by atoms with Crippen molar-refractivity contribution in [2.75, 3.05) is 44.2 Å². The quantitative estimate of drug-likeness (QED) is 0.343. The Balaban J connectivity index is 1.38. The predicted octanol–water partition coefficient (Wildman–Crippen LogP) is 1.43. The minimum atomic E-state index is -0.299. The molecule has 2 aromatic rings. The van der Waals surface area contributed by atoms with E-state index in [2.05, 4.69) is 16.4 Å². The first kappa shape index (κ1) is 22.6. The molecule has 1 aromatic carbocycles. The number of unbranched alkanes of at least 4 members (excludes halogenated alkanes) is 1. The minimum Gasteiger partial charge on any atom is -0.494 e. The molecule has 0 N–H and O–H groups in total. The van der Waals surface area contributed by atoms with Crippen LogP contribution in [0.25, 0.3) is 0 Å². The van der Waals surface area contributed by atoms with E-state index in [4.69, 9.17) is 4.74 Å². The molecule has 166 valence electrons. The fraction of sp³-hybridized carbons (Fsp3) is 0.435. The first-order valence-corrected chi connectivity index (χ1v) is 10.5. The Kier molecular flexibility index (Phi) is 7.46. The second kappa shape index (κ2) is 10.3. The minimum absolute atomic E-state index is 0.0939. The van der Waals surface area contributed by atoms with Gasteiger partial charge in [-0.2, -0.15) is 0 Å². The summed E-state index contributed by atoms with van der Waals surface area (Å²) in [4.78, 5) is 40.1. The summed E-state index contributed by atoms with van der Waals surface area (Å²) in [6.07, 6.45) is 3.27. The van der Waals surface area contributed by atoms with E-state index in [0.29, 0.717) is 18.0 Å². The fourth-order valence-electron chi connectivity index (χ4n) is 3.69. The summed E-state index contributed by atoms with van der Waals surface area (Å²) in [6.45, 7) is 8.45. The molecule has 0 bridgehead atoms. The molecular formula is C23H30N4O4. The molecule has 31 heavy (non-hydrogen) atoms. The monoisotopic (exact) mass is 426 g/mol. The molecule has 1 aliphatic rings. The zero-order valence-corrected chi connectivity index (χ0v) is 18.2. The first-order valence-electron chi connectivity index (χ1n) is 10.5. The average molecular weight is 427 g/mol. The lowest BCUT2D eigenvalue weighted by atomic mass is 10.1. The SMILES string of the molecule is C=CC(=O)c1ccc(OCCCCN2CCN(c3cc(=O)n(C)c(=O)n3C)CC2)cc1. The van der Waals surface area contributed by atoms with E-state index in [0.717, 1.165) is 55.9 Å². The average Bonchev–Trinajstić information content (AvgIpc) is 2.80. The van der Waals surface area contributed by atoms with Crippen molar-refractivity contribution in [2.45, 2.75) is 12.8 Å². The van der Waals surface area contributed by atoms with Crippen molar-refractivity contribution in [3.05, 3.63) is 69.4 Å². The molecule has 1 aliphatic heterocycles. The van der Waals surface area contributed by atoms with Gasteiger partial charge in [-0.15, -0.1) is 0 Å². The molecule has 8 nitrogen and oxygen atoms in total. The Bertz CT molecular complexity index is 1030. The van der Waals surface area contributed by atoms with Crippen LogP contribution in [-0.2, 0) is 14.1 Å². The summed E-state index contributed by atoms with van der Waals surface area (Å²) >= 11 is 0. The van der Waals surface area contributed by atoms with Crippen LogP contribution in [-0.4, -0.2) is 59.1 Å². The van der Waals surface area contributed by atoms with Gasteiger partial charge in [0.25, 0.3) is 5.56 Å². The number of piperazine rings is 1. The number of hydrogen-bond acceptors (Lipinski definition) is 6. The van der Waals surface area contributed by atoms with E-state index >= 15 is 0 Å². The summed E-state index contributed by atoms with van der Waals surface area (Å²) in [7, 11) is 3.20. The topological polar surface area (TPSA) is 76.8 Å². The lowest BCUT2D eigenvalue weighted by molar-refractivity contribution is 0.104. The van der Waals surface area contributed by atoms with E-state index in [1.54, 1.807) is 31.3 Å². The molecule has 8 heteroatoms. The number of hydrogen-bond donors (Lipinski definition) is 0. The Labute approximate surface area is 182 Å². The third-order valence-electron chi connectivity index (χ3n) is 5.66. The van der Waals surface area contributed by atoms with Crippen molar-refractivity contribution in [1.82, 2.24) is 14.0 Å². The van der Waals surface area contributed by atoms with E-state index in [9.17, 15) is 14.4 Å². The summed E-state index contributed by atoms with van der Waals surface area (Å²) in [5, 5.41) is 0. The van der Waals surface area contributed by atoms with Gasteiger partial charge in [-0.3, -0.25) is 23.6 Å². The molecule has 1 saturated heterocycles. The van der Waals surface area contributed by atoms with Gasteiger partial charge >= 0.3 is 5.69 Å². The Hall–Kier alpha value is -3.13. The van der Waals surface area contributed by atoms with Crippen molar-refractivity contribution in [3.63, 3.8) is 0 Å². The maximum absolute atomic E-state index is 12.1. The maximum atomic E-state index is 12.1. The number of ketones is 1. The molecule has 1 aromatic heterocycles. The molecule has 2 heterocycles. The Morgan fingerprint density at radius 3 is 2.35 bits per heavy atom. The number of rotatable bonds is 9. The number of benzene rings is 1. The van der Waals surface area contributed by atoms with Crippen LogP contribution in [0.3, 0.4) is 0 Å². The van der Waals surface area contributed by atoms with Gasteiger partial charge in [0.15, 0.2) is 5.78 Å². The van der Waals surface area contributed by atoms with E-state index < -0.39 is 0 Å². The van der Waals surface area contributed by atoms with Gasteiger partial charge < -0.3 is 9.64 Å². The standard InChI is InChI=1S/C23H30N4O4/c1-4-20(28)18-7-9-19(10-8-18)31-16-6-5-11-26-12-14-27(15-13-26)21-17-22(29)25(3)23(30)24(21)2/h4,7-10,17H,1,5-6,11-16H2,2-3H3. The molecule has 1 fully saturated rings. The fourth-order valence-corrected chi connectivity index (χ4v) is 3.69. The lowest BCUT2D eigenvalue weighted by Crippen LogP contribution is -2.49. The van der Waals surface area contributed by atoms with Gasteiger partial charge in [0.1, 0.15) is 11.6 Å². The molecule has 0 aliphatic carbocycles. The third-order valence-corrected chi connectivity index (χ3v) is 5.66. The third kappa shape index (κ3) is 5.52. The largest absolute Gasteiger partial charge is 0.494 e. The highest BCUT2D eigenvalue weighted by molar-refractivity contribution is 6.04.